The van der Waals surface area contributed by atoms with Crippen LogP contribution in [0.4, 0.5) is 4.39 Å². The number of amides is 2. The molecule has 6 nitrogen and oxygen atoms in total. The van der Waals surface area contributed by atoms with E-state index >= 15 is 0 Å². The first-order valence-electron chi connectivity index (χ1n) is 10.4. The third kappa shape index (κ3) is 4.36. The Bertz CT molecular complexity index is 708. The molecule has 3 fully saturated rings. The summed E-state index contributed by atoms with van der Waals surface area (Å²) >= 11 is 0. The van der Waals surface area contributed by atoms with Crippen LogP contribution < -0.4 is 0 Å². The first-order chi connectivity index (χ1) is 13.6. The molecular weight excluding hydrogens is 359 g/mol. The van der Waals surface area contributed by atoms with E-state index in [1.54, 1.807) is 17.0 Å². The van der Waals surface area contributed by atoms with Crippen molar-refractivity contribution in [2.24, 2.45) is 0 Å². The maximum atomic E-state index is 13.3. The summed E-state index contributed by atoms with van der Waals surface area (Å²) in [7, 11) is 0. The van der Waals surface area contributed by atoms with Crippen molar-refractivity contribution >= 4 is 11.8 Å². The zero-order valence-electron chi connectivity index (χ0n) is 16.4. The van der Waals surface area contributed by atoms with Crippen LogP contribution in [-0.4, -0.2) is 96.4 Å². The Hall–Kier alpha value is -1.99. The van der Waals surface area contributed by atoms with Crippen LogP contribution in [0.5, 0.6) is 0 Å². The third-order valence-electron chi connectivity index (χ3n) is 6.35. The van der Waals surface area contributed by atoms with Gasteiger partial charge in [0.05, 0.1) is 6.54 Å². The fraction of sp³-hybridized carbons (Fsp3) is 0.619. The molecule has 2 saturated heterocycles. The van der Waals surface area contributed by atoms with Crippen molar-refractivity contribution in [3.8, 4) is 0 Å². The minimum absolute atomic E-state index is 0.141. The summed E-state index contributed by atoms with van der Waals surface area (Å²) < 4.78 is 13.3. The number of halogens is 1. The smallest absolute Gasteiger partial charge is 0.254 e. The maximum absolute atomic E-state index is 13.3. The maximum Gasteiger partial charge on any atom is 0.254 e. The normalized spacial score (nSPS) is 22.2. The summed E-state index contributed by atoms with van der Waals surface area (Å²) in [5.74, 6) is -0.344. The molecule has 1 saturated carbocycles. The Morgan fingerprint density at radius 1 is 0.929 bits per heavy atom. The van der Waals surface area contributed by atoms with Gasteiger partial charge >= 0.3 is 0 Å². The topological polar surface area (TPSA) is 47.1 Å². The molecular formula is C21H29FN4O2. The van der Waals surface area contributed by atoms with E-state index in [2.05, 4.69) is 9.80 Å². The molecule has 1 aromatic rings. The van der Waals surface area contributed by atoms with Crippen molar-refractivity contribution in [2.45, 2.75) is 25.3 Å². The van der Waals surface area contributed by atoms with Crippen molar-refractivity contribution in [1.29, 1.82) is 0 Å². The number of piperazine rings is 2. The van der Waals surface area contributed by atoms with Gasteiger partial charge in [0.25, 0.3) is 5.91 Å². The first kappa shape index (κ1) is 19.3. The molecule has 28 heavy (non-hydrogen) atoms. The van der Waals surface area contributed by atoms with Crippen LogP contribution in [0.2, 0.25) is 0 Å². The van der Waals surface area contributed by atoms with E-state index in [0.29, 0.717) is 38.3 Å². The van der Waals surface area contributed by atoms with E-state index in [1.807, 2.05) is 4.90 Å². The van der Waals surface area contributed by atoms with Gasteiger partial charge in [0, 0.05) is 64.0 Å². The Kier molecular flexibility index (Phi) is 5.92. The van der Waals surface area contributed by atoms with Gasteiger partial charge in [-0.25, -0.2) is 4.39 Å². The average molecular weight is 388 g/mol. The molecule has 4 rings (SSSR count). The lowest BCUT2D eigenvalue weighted by Gasteiger charge is -2.43. The Morgan fingerprint density at radius 3 is 2.21 bits per heavy atom. The standard InChI is InChI=1S/C21H29FN4O2/c22-18-4-1-3-17(15-18)21(28)26-9-7-23(8-10-26)16-20(27)25-13-11-24(12-14-25)19-5-2-6-19/h1,3-4,15,19H,2,5-14,16H2. The van der Waals surface area contributed by atoms with Crippen molar-refractivity contribution < 1.29 is 14.0 Å². The molecule has 2 amide bonds. The summed E-state index contributed by atoms with van der Waals surface area (Å²) in [5, 5.41) is 0. The van der Waals surface area contributed by atoms with E-state index in [9.17, 15) is 14.0 Å². The number of carbonyl (C=O) groups excluding carboxylic acids is 2. The molecule has 0 N–H and O–H groups in total. The van der Waals surface area contributed by atoms with Gasteiger partial charge in [0.1, 0.15) is 5.82 Å². The largest absolute Gasteiger partial charge is 0.339 e. The van der Waals surface area contributed by atoms with Crippen LogP contribution >= 0.6 is 0 Å². The van der Waals surface area contributed by atoms with Crippen LogP contribution in [0.1, 0.15) is 29.6 Å². The molecule has 0 spiro atoms. The molecule has 1 aliphatic carbocycles. The van der Waals surface area contributed by atoms with Gasteiger partial charge in [0.15, 0.2) is 0 Å². The van der Waals surface area contributed by atoms with Crippen LogP contribution in [-0.2, 0) is 4.79 Å². The van der Waals surface area contributed by atoms with Gasteiger partial charge in [-0.15, -0.1) is 0 Å². The van der Waals surface area contributed by atoms with E-state index in [4.69, 9.17) is 0 Å². The quantitative estimate of drug-likeness (QED) is 0.780. The molecule has 2 heterocycles. The summed E-state index contributed by atoms with van der Waals surface area (Å²) in [6, 6.07) is 6.57. The molecule has 0 radical (unpaired) electrons. The van der Waals surface area contributed by atoms with E-state index in [1.165, 1.54) is 31.4 Å². The summed E-state index contributed by atoms with van der Waals surface area (Å²) in [6.45, 7) is 6.55. The van der Waals surface area contributed by atoms with Crippen molar-refractivity contribution in [1.82, 2.24) is 19.6 Å². The first-order valence-corrected chi connectivity index (χ1v) is 10.4. The van der Waals surface area contributed by atoms with Crippen LogP contribution in [0.15, 0.2) is 24.3 Å². The lowest BCUT2D eigenvalue weighted by Crippen LogP contribution is -2.56. The molecule has 1 aromatic carbocycles. The highest BCUT2D eigenvalue weighted by molar-refractivity contribution is 5.94. The molecule has 2 aliphatic heterocycles. The Balaban J connectivity index is 1.21. The predicted octanol–water partition coefficient (Wildman–Crippen LogP) is 1.28. The number of nitrogens with zero attached hydrogens (tertiary/aromatic N) is 4. The van der Waals surface area contributed by atoms with Crippen LogP contribution in [0.25, 0.3) is 0 Å². The predicted molar refractivity (Wildman–Crippen MR) is 105 cm³/mol. The van der Waals surface area contributed by atoms with Gasteiger partial charge in [-0.05, 0) is 31.0 Å². The summed E-state index contributed by atoms with van der Waals surface area (Å²) in [6.07, 6.45) is 3.97. The second-order valence-corrected chi connectivity index (χ2v) is 8.08. The average Bonchev–Trinajstić information content (AvgIpc) is 2.67. The fourth-order valence-corrected chi connectivity index (χ4v) is 4.29. The lowest BCUT2D eigenvalue weighted by atomic mass is 9.91. The van der Waals surface area contributed by atoms with Gasteiger partial charge in [-0.1, -0.05) is 12.5 Å². The third-order valence-corrected chi connectivity index (χ3v) is 6.35. The zero-order valence-corrected chi connectivity index (χ0v) is 16.4. The van der Waals surface area contributed by atoms with Gasteiger partial charge < -0.3 is 9.80 Å². The highest BCUT2D eigenvalue weighted by Gasteiger charge is 2.30. The second-order valence-electron chi connectivity index (χ2n) is 8.08. The van der Waals surface area contributed by atoms with E-state index in [0.717, 1.165) is 32.2 Å². The number of rotatable bonds is 4. The molecule has 152 valence electrons. The van der Waals surface area contributed by atoms with Crippen LogP contribution in [0, 0.1) is 5.82 Å². The number of carbonyl (C=O) groups is 2. The minimum Gasteiger partial charge on any atom is -0.339 e. The van der Waals surface area contributed by atoms with E-state index in [-0.39, 0.29) is 11.8 Å². The summed E-state index contributed by atoms with van der Waals surface area (Å²) in [4.78, 5) is 33.5. The lowest BCUT2D eigenvalue weighted by molar-refractivity contribution is -0.135. The van der Waals surface area contributed by atoms with Crippen molar-refractivity contribution in [3.63, 3.8) is 0 Å². The fourth-order valence-electron chi connectivity index (χ4n) is 4.29. The van der Waals surface area contributed by atoms with Gasteiger partial charge in [0.2, 0.25) is 5.91 Å². The second kappa shape index (κ2) is 8.57. The van der Waals surface area contributed by atoms with E-state index < -0.39 is 5.82 Å². The SMILES string of the molecule is O=C(CN1CCN(C(=O)c2cccc(F)c2)CC1)N1CCN(C2CCC2)CC1. The number of hydrogen-bond donors (Lipinski definition) is 0. The molecule has 0 atom stereocenters. The molecule has 7 heteroatoms. The van der Waals surface area contributed by atoms with Crippen molar-refractivity contribution in [2.75, 3.05) is 58.9 Å². The van der Waals surface area contributed by atoms with Gasteiger partial charge in [-0.2, -0.15) is 0 Å². The number of hydrogen-bond acceptors (Lipinski definition) is 4. The van der Waals surface area contributed by atoms with Crippen LogP contribution in [0.3, 0.4) is 0 Å². The molecule has 0 aromatic heterocycles. The Labute approximate surface area is 165 Å². The summed E-state index contributed by atoms with van der Waals surface area (Å²) in [5.41, 5.74) is 0.383. The highest BCUT2D eigenvalue weighted by atomic mass is 19.1. The minimum atomic E-state index is -0.396. The highest BCUT2D eigenvalue weighted by Crippen LogP contribution is 2.25. The number of benzene rings is 1. The molecule has 3 aliphatic rings. The molecule has 0 unspecified atom stereocenters. The van der Waals surface area contributed by atoms with Gasteiger partial charge in [-0.3, -0.25) is 19.4 Å². The zero-order chi connectivity index (χ0) is 19.5. The molecule has 0 bridgehead atoms. The van der Waals surface area contributed by atoms with Crippen molar-refractivity contribution in [3.05, 3.63) is 35.6 Å². The monoisotopic (exact) mass is 388 g/mol. The Morgan fingerprint density at radius 2 is 1.61 bits per heavy atom.